The largest absolute Gasteiger partial charge is 0.505 e. The third-order valence-electron chi connectivity index (χ3n) is 4.71. The summed E-state index contributed by atoms with van der Waals surface area (Å²) in [5.41, 5.74) is 1.49. The van der Waals surface area contributed by atoms with Crippen LogP contribution in [-0.2, 0) is 6.54 Å². The minimum atomic E-state index is -0.675. The lowest BCUT2D eigenvalue weighted by Gasteiger charge is -2.32. The van der Waals surface area contributed by atoms with Gasteiger partial charge in [-0.25, -0.2) is 13.2 Å². The molecule has 0 spiro atoms. The first-order valence-electron chi connectivity index (χ1n) is 8.77. The zero-order chi connectivity index (χ0) is 19.7. The van der Waals surface area contributed by atoms with Crippen molar-refractivity contribution in [2.24, 2.45) is 0 Å². The lowest BCUT2D eigenvalue weighted by molar-refractivity contribution is 0.432. The van der Waals surface area contributed by atoms with Crippen molar-refractivity contribution in [3.05, 3.63) is 65.7 Å². The monoisotopic (exact) mass is 514 g/mol. The molecule has 1 aromatic heterocycles. The Labute approximate surface area is 176 Å². The second-order valence-electron chi connectivity index (χ2n) is 6.55. The Morgan fingerprint density at radius 1 is 1.11 bits per heavy atom. The Morgan fingerprint density at radius 2 is 1.86 bits per heavy atom. The number of hydrogen-bond donors (Lipinski definition) is 1. The number of halogens is 3. The molecule has 3 aromatic rings. The lowest BCUT2D eigenvalue weighted by atomic mass is 10.2. The van der Waals surface area contributed by atoms with Gasteiger partial charge in [-0.3, -0.25) is 0 Å². The van der Waals surface area contributed by atoms with Crippen molar-refractivity contribution in [1.82, 2.24) is 9.55 Å². The highest BCUT2D eigenvalue weighted by molar-refractivity contribution is 14.2. The molecule has 2 heterocycles. The molecule has 0 saturated carbocycles. The van der Waals surface area contributed by atoms with Gasteiger partial charge in [0, 0.05) is 37.5 Å². The summed E-state index contributed by atoms with van der Waals surface area (Å²) in [4.78, 5) is 4.16. The predicted octanol–water partition coefficient (Wildman–Crippen LogP) is 5.21. The van der Waals surface area contributed by atoms with E-state index < -0.39 is 11.6 Å². The Hall–Kier alpha value is -1.93. The van der Waals surface area contributed by atoms with Gasteiger partial charge in [0.25, 0.3) is 0 Å². The number of aromatic nitrogens is 2. The Balaban J connectivity index is 1.74. The summed E-state index contributed by atoms with van der Waals surface area (Å²) >= 11 is 2.29. The first kappa shape index (κ1) is 19.4. The molecule has 1 saturated heterocycles. The summed E-state index contributed by atoms with van der Waals surface area (Å²) in [6.07, 6.45) is 1.60. The highest BCUT2D eigenvalue weighted by Gasteiger charge is 2.23. The van der Waals surface area contributed by atoms with Crippen molar-refractivity contribution in [2.75, 3.05) is 22.9 Å². The fourth-order valence-electron chi connectivity index (χ4n) is 3.07. The molecule has 1 aliphatic rings. The summed E-state index contributed by atoms with van der Waals surface area (Å²) in [5, 5.41) is 14.6. The highest BCUT2D eigenvalue weighted by Crippen LogP contribution is 2.38. The van der Waals surface area contributed by atoms with Gasteiger partial charge in [0.2, 0.25) is 0 Å². The maximum atomic E-state index is 13.6. The van der Waals surface area contributed by atoms with Crippen LogP contribution >= 0.6 is 28.4 Å². The average molecular weight is 514 g/mol. The fraction of sp³-hybridized carbons (Fsp3) is 0.211. The smallest absolute Gasteiger partial charge is 0.164 e. The van der Waals surface area contributed by atoms with E-state index in [1.165, 1.54) is 24.3 Å². The quantitative estimate of drug-likeness (QED) is 0.363. The summed E-state index contributed by atoms with van der Waals surface area (Å²) in [5.74, 6) is 0.349. The van der Waals surface area contributed by atoms with Crippen LogP contribution in [0.3, 0.4) is 0 Å². The first-order chi connectivity index (χ1) is 13.5. The maximum Gasteiger partial charge on any atom is 0.164 e. The van der Waals surface area contributed by atoms with Crippen molar-refractivity contribution in [3.8, 4) is 5.75 Å². The molecule has 2 aromatic carbocycles. The molecule has 5 nitrogen and oxygen atoms in total. The van der Waals surface area contributed by atoms with E-state index >= 15 is 0 Å². The van der Waals surface area contributed by atoms with Crippen molar-refractivity contribution >= 4 is 45.7 Å². The molecule has 1 N–H and O–H groups in total. The third kappa shape index (κ3) is 3.93. The van der Waals surface area contributed by atoms with Gasteiger partial charge >= 0.3 is 0 Å². The van der Waals surface area contributed by atoms with Gasteiger partial charge in [-0.05, 0) is 58.3 Å². The number of rotatable bonds is 6. The van der Waals surface area contributed by atoms with Gasteiger partial charge in [-0.2, -0.15) is 0 Å². The molecule has 146 valence electrons. The zero-order valence-electron chi connectivity index (χ0n) is 14.8. The van der Waals surface area contributed by atoms with Gasteiger partial charge in [0.05, 0.1) is 6.37 Å². The van der Waals surface area contributed by atoms with Crippen LogP contribution in [0, 0.1) is 11.6 Å². The topological polar surface area (TPSA) is 44.5 Å². The molecule has 1 fully saturated rings. The van der Waals surface area contributed by atoms with Gasteiger partial charge in [0.1, 0.15) is 11.6 Å². The van der Waals surface area contributed by atoms with Crippen molar-refractivity contribution in [3.63, 3.8) is 0 Å². The molecular formula is C19H18F2IN4OP. The number of phenolic OH excluding ortho intramolecular Hbond substituents is 1. The van der Waals surface area contributed by atoms with Crippen molar-refractivity contribution < 1.29 is 13.9 Å². The minimum absolute atomic E-state index is 0.301. The van der Waals surface area contributed by atoms with Crippen LogP contribution in [-0.4, -0.2) is 27.7 Å². The number of hydrogen-bond acceptors (Lipinski definition) is 4. The molecule has 9 heteroatoms. The number of aromatic hydroxyl groups is 1. The molecular weight excluding hydrogens is 496 g/mol. The van der Waals surface area contributed by atoms with Gasteiger partial charge < -0.3 is 14.9 Å². The maximum absolute atomic E-state index is 13.6. The molecule has 28 heavy (non-hydrogen) atoms. The van der Waals surface area contributed by atoms with Crippen LogP contribution in [0.2, 0.25) is 0 Å². The lowest BCUT2D eigenvalue weighted by Crippen LogP contribution is -2.37. The number of phenols is 1. The molecule has 0 amide bonds. The van der Waals surface area contributed by atoms with Gasteiger partial charge in [-0.1, -0.05) is 12.1 Å². The number of nitrogens with zero attached hydrogens (tertiary/aromatic N) is 4. The second-order valence-corrected chi connectivity index (χ2v) is 8.59. The average Bonchev–Trinajstić information content (AvgIpc) is 3.05. The highest BCUT2D eigenvalue weighted by atomic mass is 127. The second kappa shape index (κ2) is 8.21. The Morgan fingerprint density at radius 3 is 2.46 bits per heavy atom. The Bertz CT molecular complexity index is 979. The van der Waals surface area contributed by atoms with Gasteiger partial charge in [0.15, 0.2) is 17.4 Å². The van der Waals surface area contributed by atoms with Crippen LogP contribution in [0.15, 0.2) is 48.5 Å². The molecule has 4 rings (SSSR count). The Kier molecular flexibility index (Phi) is 5.68. The summed E-state index contributed by atoms with van der Waals surface area (Å²) in [6, 6.07) is 12.5. The molecule has 1 unspecified atom stereocenters. The third-order valence-corrected chi connectivity index (χ3v) is 6.57. The minimum Gasteiger partial charge on any atom is -0.505 e. The fourth-order valence-corrected chi connectivity index (χ4v) is 4.57. The van der Waals surface area contributed by atoms with E-state index in [1.807, 2.05) is 15.4 Å². The summed E-state index contributed by atoms with van der Waals surface area (Å²) < 4.78 is 28.8. The zero-order valence-corrected chi connectivity index (χ0v) is 18.0. The van der Waals surface area contributed by atoms with E-state index in [4.69, 9.17) is 5.10 Å². The van der Waals surface area contributed by atoms with Crippen LogP contribution in [0.5, 0.6) is 5.75 Å². The summed E-state index contributed by atoms with van der Waals surface area (Å²) in [7, 11) is 0. The molecule has 0 bridgehead atoms. The van der Waals surface area contributed by atoms with Gasteiger partial charge in [-0.15, -0.1) is 5.10 Å². The summed E-state index contributed by atoms with van der Waals surface area (Å²) in [6.45, 7) is 2.41. The SMILES string of the molecule is Oc1cc(N(Cc2ccc(F)cc2)c2cc(N3CCC3)n(PI)n2)ccc1F. The van der Waals surface area contributed by atoms with Crippen LogP contribution in [0.4, 0.5) is 26.1 Å². The van der Waals surface area contributed by atoms with Crippen molar-refractivity contribution in [2.45, 2.75) is 13.0 Å². The molecule has 0 aliphatic carbocycles. The molecule has 0 radical (unpaired) electrons. The van der Waals surface area contributed by atoms with E-state index in [9.17, 15) is 13.9 Å². The predicted molar refractivity (Wildman–Crippen MR) is 117 cm³/mol. The van der Waals surface area contributed by atoms with Crippen LogP contribution < -0.4 is 9.80 Å². The van der Waals surface area contributed by atoms with E-state index in [1.54, 1.807) is 18.2 Å². The van der Waals surface area contributed by atoms with E-state index in [0.29, 0.717) is 24.4 Å². The van der Waals surface area contributed by atoms with E-state index in [-0.39, 0.29) is 5.82 Å². The normalized spacial score (nSPS) is 13.9. The van der Waals surface area contributed by atoms with Crippen LogP contribution in [0.25, 0.3) is 0 Å². The molecule has 1 atom stereocenters. The van der Waals surface area contributed by atoms with Crippen LogP contribution in [0.1, 0.15) is 12.0 Å². The standard InChI is InChI=1S/C19H18F2IN4OP/c20-14-4-2-13(3-5-14)12-25(15-6-7-16(21)17(27)10-15)18-11-19(24-8-1-9-24)26(23-18)28-22/h2-7,10-11,27-28H,1,8-9,12H2. The van der Waals surface area contributed by atoms with Crippen molar-refractivity contribution in [1.29, 1.82) is 0 Å². The van der Waals surface area contributed by atoms with E-state index in [2.05, 4.69) is 26.9 Å². The number of benzene rings is 2. The van der Waals surface area contributed by atoms with E-state index in [0.717, 1.165) is 30.9 Å². The first-order valence-corrected chi connectivity index (χ1v) is 12.8. The number of anilines is 3. The molecule has 1 aliphatic heterocycles.